The SMILES string of the molecule is C[C@H](CC(=O)[C@H](CC(=O)N1CCCC[C@@H]1C)NC(=O)CC1CCOCC1)c1ncc(-c2ccc(F)cc2F)[nH]1. The molecule has 2 saturated heterocycles. The third-order valence-electron chi connectivity index (χ3n) is 7.83. The minimum absolute atomic E-state index is 0.0316. The molecule has 8 nitrogen and oxygen atoms in total. The van der Waals surface area contributed by atoms with Gasteiger partial charge in [0, 0.05) is 56.2 Å². The van der Waals surface area contributed by atoms with Crippen molar-refractivity contribution in [2.24, 2.45) is 5.92 Å². The van der Waals surface area contributed by atoms with E-state index in [0.29, 0.717) is 37.7 Å². The fraction of sp³-hybridized carbons (Fsp3) is 0.586. The van der Waals surface area contributed by atoms with Gasteiger partial charge in [0.25, 0.3) is 0 Å². The predicted molar refractivity (Wildman–Crippen MR) is 142 cm³/mol. The molecule has 10 heteroatoms. The summed E-state index contributed by atoms with van der Waals surface area (Å²) < 4.78 is 32.9. The Bertz CT molecular complexity index is 1160. The number of amides is 2. The second-order valence-electron chi connectivity index (χ2n) is 10.9. The Kier molecular flexibility index (Phi) is 9.83. The van der Waals surface area contributed by atoms with Gasteiger partial charge >= 0.3 is 0 Å². The summed E-state index contributed by atoms with van der Waals surface area (Å²) in [5, 5.41) is 2.86. The molecular weight excluding hydrogens is 506 g/mol. The van der Waals surface area contributed by atoms with Crippen LogP contribution < -0.4 is 5.32 Å². The Morgan fingerprint density at radius 3 is 2.64 bits per heavy atom. The quantitative estimate of drug-likeness (QED) is 0.458. The number of nitrogens with one attached hydrogen (secondary N) is 2. The van der Waals surface area contributed by atoms with Crippen molar-refractivity contribution in [3.05, 3.63) is 41.9 Å². The molecule has 39 heavy (non-hydrogen) atoms. The molecule has 2 aliphatic heterocycles. The maximum atomic E-state index is 14.2. The minimum atomic E-state index is -0.939. The lowest BCUT2D eigenvalue weighted by molar-refractivity contribution is -0.138. The van der Waals surface area contributed by atoms with Gasteiger partial charge in [-0.25, -0.2) is 13.8 Å². The molecule has 0 unspecified atom stereocenters. The second-order valence-corrected chi connectivity index (χ2v) is 10.9. The molecule has 0 radical (unpaired) electrons. The van der Waals surface area contributed by atoms with E-state index in [1.54, 1.807) is 6.92 Å². The number of rotatable bonds is 10. The largest absolute Gasteiger partial charge is 0.381 e. The van der Waals surface area contributed by atoms with E-state index in [4.69, 9.17) is 4.74 Å². The number of ether oxygens (including phenoxy) is 1. The number of carbonyl (C=O) groups excluding carboxylic acids is 3. The van der Waals surface area contributed by atoms with Gasteiger partial charge in [0.05, 0.1) is 24.4 Å². The summed E-state index contributed by atoms with van der Waals surface area (Å²) in [5.74, 6) is -1.74. The first-order chi connectivity index (χ1) is 18.7. The third-order valence-corrected chi connectivity index (χ3v) is 7.83. The molecule has 2 aliphatic rings. The van der Waals surface area contributed by atoms with Gasteiger partial charge in [-0.15, -0.1) is 0 Å². The van der Waals surface area contributed by atoms with Crippen molar-refractivity contribution in [3.8, 4) is 11.3 Å². The molecule has 2 N–H and O–H groups in total. The maximum Gasteiger partial charge on any atom is 0.225 e. The fourth-order valence-electron chi connectivity index (χ4n) is 5.44. The molecule has 0 saturated carbocycles. The fourth-order valence-corrected chi connectivity index (χ4v) is 5.44. The lowest BCUT2D eigenvalue weighted by Gasteiger charge is -2.34. The highest BCUT2D eigenvalue weighted by Crippen LogP contribution is 2.26. The predicted octanol–water partition coefficient (Wildman–Crippen LogP) is 4.51. The number of likely N-dealkylation sites (tertiary alicyclic amines) is 1. The number of imidazole rings is 1. The van der Waals surface area contributed by atoms with E-state index in [1.807, 2.05) is 11.8 Å². The molecule has 1 aromatic carbocycles. The van der Waals surface area contributed by atoms with E-state index in [0.717, 1.165) is 38.2 Å². The number of aromatic nitrogens is 2. The molecule has 4 rings (SSSR count). The van der Waals surface area contributed by atoms with Crippen molar-refractivity contribution in [2.75, 3.05) is 19.8 Å². The summed E-state index contributed by atoms with van der Waals surface area (Å²) in [4.78, 5) is 48.7. The summed E-state index contributed by atoms with van der Waals surface area (Å²) in [6.45, 7) is 5.71. The topological polar surface area (TPSA) is 104 Å². The van der Waals surface area contributed by atoms with Gasteiger partial charge in [0.15, 0.2) is 5.78 Å². The van der Waals surface area contributed by atoms with Crippen molar-refractivity contribution in [2.45, 2.75) is 83.2 Å². The first-order valence-corrected chi connectivity index (χ1v) is 13.9. The zero-order chi connectivity index (χ0) is 27.9. The Balaban J connectivity index is 1.44. The average Bonchev–Trinajstić information content (AvgIpc) is 3.39. The second kappa shape index (κ2) is 13.3. The van der Waals surface area contributed by atoms with E-state index in [-0.39, 0.29) is 53.9 Å². The number of benzene rings is 1. The van der Waals surface area contributed by atoms with Crippen LogP contribution in [0.4, 0.5) is 8.78 Å². The minimum Gasteiger partial charge on any atom is -0.381 e. The normalized spacial score (nSPS) is 19.9. The first-order valence-electron chi connectivity index (χ1n) is 13.9. The molecule has 3 heterocycles. The summed E-state index contributed by atoms with van der Waals surface area (Å²) in [6, 6.07) is 2.46. The van der Waals surface area contributed by atoms with E-state index >= 15 is 0 Å². The van der Waals surface area contributed by atoms with Gasteiger partial charge in [-0.05, 0) is 57.1 Å². The summed E-state index contributed by atoms with van der Waals surface area (Å²) in [7, 11) is 0. The molecule has 0 bridgehead atoms. The molecule has 212 valence electrons. The van der Waals surface area contributed by atoms with E-state index in [1.165, 1.54) is 18.3 Å². The molecule has 2 amide bonds. The number of piperidine rings is 1. The number of Topliss-reactive ketones (excluding diaryl/α,β-unsaturated/α-hetero) is 1. The van der Waals surface area contributed by atoms with Crippen LogP contribution in [0.2, 0.25) is 0 Å². The molecule has 0 spiro atoms. The molecule has 1 aromatic heterocycles. The first kappa shape index (κ1) is 28.9. The van der Waals surface area contributed by atoms with Crippen LogP contribution in [0.1, 0.15) is 77.0 Å². The van der Waals surface area contributed by atoms with Crippen LogP contribution in [0.15, 0.2) is 24.4 Å². The van der Waals surface area contributed by atoms with Crippen LogP contribution in [0.25, 0.3) is 11.3 Å². The highest BCUT2D eigenvalue weighted by Gasteiger charge is 2.31. The average molecular weight is 545 g/mol. The summed E-state index contributed by atoms with van der Waals surface area (Å²) in [5.41, 5.74) is 0.547. The Hall–Kier alpha value is -3.14. The molecule has 0 aliphatic carbocycles. The molecule has 2 aromatic rings. The van der Waals surface area contributed by atoms with Gasteiger partial charge in [-0.3, -0.25) is 14.4 Å². The zero-order valence-corrected chi connectivity index (χ0v) is 22.7. The number of halogens is 2. The Morgan fingerprint density at radius 1 is 1.15 bits per heavy atom. The number of carbonyl (C=O) groups is 3. The van der Waals surface area contributed by atoms with E-state index < -0.39 is 17.7 Å². The van der Waals surface area contributed by atoms with Gasteiger partial charge in [0.2, 0.25) is 11.8 Å². The van der Waals surface area contributed by atoms with Crippen molar-refractivity contribution < 1.29 is 27.9 Å². The highest BCUT2D eigenvalue weighted by molar-refractivity contribution is 5.93. The van der Waals surface area contributed by atoms with Crippen molar-refractivity contribution in [3.63, 3.8) is 0 Å². The number of H-pyrrole nitrogens is 1. The van der Waals surface area contributed by atoms with Gasteiger partial charge in [-0.1, -0.05) is 6.92 Å². The maximum absolute atomic E-state index is 14.2. The van der Waals surface area contributed by atoms with Crippen LogP contribution in [0, 0.1) is 17.6 Å². The van der Waals surface area contributed by atoms with Crippen LogP contribution in [0.5, 0.6) is 0 Å². The van der Waals surface area contributed by atoms with Crippen LogP contribution in [-0.4, -0.2) is 64.3 Å². The van der Waals surface area contributed by atoms with Crippen molar-refractivity contribution in [1.29, 1.82) is 0 Å². The van der Waals surface area contributed by atoms with Gasteiger partial charge in [-0.2, -0.15) is 0 Å². The number of nitrogens with zero attached hydrogens (tertiary/aromatic N) is 2. The van der Waals surface area contributed by atoms with E-state index in [9.17, 15) is 23.2 Å². The molecule has 3 atom stereocenters. The Labute approximate surface area is 227 Å². The number of hydrogen-bond acceptors (Lipinski definition) is 5. The van der Waals surface area contributed by atoms with Crippen LogP contribution in [0.3, 0.4) is 0 Å². The summed E-state index contributed by atoms with van der Waals surface area (Å²) in [6.07, 6.45) is 6.20. The Morgan fingerprint density at radius 2 is 1.92 bits per heavy atom. The smallest absolute Gasteiger partial charge is 0.225 e. The van der Waals surface area contributed by atoms with Crippen LogP contribution >= 0.6 is 0 Å². The molecule has 2 fully saturated rings. The monoisotopic (exact) mass is 544 g/mol. The zero-order valence-electron chi connectivity index (χ0n) is 22.7. The number of ketones is 1. The lowest BCUT2D eigenvalue weighted by Crippen LogP contribution is -2.48. The van der Waals surface area contributed by atoms with Crippen LogP contribution in [-0.2, 0) is 19.1 Å². The highest BCUT2D eigenvalue weighted by atomic mass is 19.1. The van der Waals surface area contributed by atoms with Gasteiger partial charge in [0.1, 0.15) is 17.5 Å². The van der Waals surface area contributed by atoms with Crippen molar-refractivity contribution in [1.82, 2.24) is 20.2 Å². The molecular formula is C29H38F2N4O4. The van der Waals surface area contributed by atoms with Crippen molar-refractivity contribution >= 4 is 17.6 Å². The standard InChI is InChI=1S/C29H38F2N4O4/c1-18(29-32-17-25(34-29)22-7-6-21(30)15-23(22)31)13-26(36)24(16-28(38)35-10-4-3-5-19(35)2)33-27(37)14-20-8-11-39-12-9-20/h6-7,15,17-20,24H,3-5,8-14,16H2,1-2H3,(H,32,34)(H,33,37)/t18-,19+,24+/m1/s1. The van der Waals surface area contributed by atoms with Gasteiger partial charge < -0.3 is 19.9 Å². The number of aromatic amines is 1. The lowest BCUT2D eigenvalue weighted by atomic mass is 9.94. The van der Waals surface area contributed by atoms with E-state index in [2.05, 4.69) is 15.3 Å². The number of hydrogen-bond donors (Lipinski definition) is 2. The summed E-state index contributed by atoms with van der Waals surface area (Å²) >= 11 is 0. The third kappa shape index (κ3) is 7.71.